The quantitative estimate of drug-likeness (QED) is 0.599. The number of nitrogens with one attached hydrogen (secondary N) is 1. The van der Waals surface area contributed by atoms with Gasteiger partial charge in [0.05, 0.1) is 0 Å². The second kappa shape index (κ2) is 9.44. The van der Waals surface area contributed by atoms with Crippen molar-refractivity contribution in [3.05, 3.63) is 46.5 Å². The number of carbonyl (C=O) groups is 2. The Morgan fingerprint density at radius 3 is 3.00 bits per heavy atom. The lowest BCUT2D eigenvalue weighted by molar-refractivity contribution is -0.128. The van der Waals surface area contributed by atoms with Crippen molar-refractivity contribution in [3.63, 3.8) is 0 Å². The van der Waals surface area contributed by atoms with Gasteiger partial charge < -0.3 is 15.3 Å². The maximum Gasteiger partial charge on any atom is 0.355 e. The first-order chi connectivity index (χ1) is 13.4. The van der Waals surface area contributed by atoms with Gasteiger partial charge in [-0.2, -0.15) is 0 Å². The van der Waals surface area contributed by atoms with Crippen molar-refractivity contribution in [1.29, 1.82) is 0 Å². The number of amides is 1. The summed E-state index contributed by atoms with van der Waals surface area (Å²) in [6.07, 6.45) is 1.17. The van der Waals surface area contributed by atoms with E-state index in [9.17, 15) is 18.4 Å². The van der Waals surface area contributed by atoms with Crippen molar-refractivity contribution >= 4 is 35.0 Å². The van der Waals surface area contributed by atoms with E-state index in [0.29, 0.717) is 36.0 Å². The molecule has 6 nitrogen and oxygen atoms in total. The molecule has 1 aromatic carbocycles. The molecule has 0 spiro atoms. The summed E-state index contributed by atoms with van der Waals surface area (Å²) in [6.45, 7) is 1.20. The molecule has 2 aromatic rings. The van der Waals surface area contributed by atoms with Crippen molar-refractivity contribution < 1.29 is 23.5 Å². The van der Waals surface area contributed by atoms with Crippen molar-refractivity contribution in [3.8, 4) is 0 Å². The third kappa shape index (κ3) is 5.27. The third-order valence-corrected chi connectivity index (χ3v) is 6.42. The predicted molar refractivity (Wildman–Crippen MR) is 103 cm³/mol. The van der Waals surface area contributed by atoms with Crippen LogP contribution in [0.1, 0.15) is 28.9 Å². The highest BCUT2D eigenvalue weighted by atomic mass is 32.2. The van der Waals surface area contributed by atoms with Crippen molar-refractivity contribution in [2.45, 2.75) is 29.8 Å². The van der Waals surface area contributed by atoms with Crippen molar-refractivity contribution in [2.24, 2.45) is 0 Å². The molecule has 0 unspecified atom stereocenters. The number of carboxylic acid groups (broad SMARTS) is 1. The summed E-state index contributed by atoms with van der Waals surface area (Å²) in [5, 5.41) is 13.5. The Balaban J connectivity index is 1.47. The Hall–Kier alpha value is -2.04. The number of thiazole rings is 1. The molecule has 150 valence electrons. The fourth-order valence-corrected chi connectivity index (χ4v) is 4.83. The number of likely N-dealkylation sites (tertiary alicyclic amines) is 1. The zero-order valence-corrected chi connectivity index (χ0v) is 16.5. The minimum atomic E-state index is -1.06. The molecule has 2 heterocycles. The maximum atomic E-state index is 13.7. The molecule has 1 atom stereocenters. The number of aromatic nitrogens is 1. The van der Waals surface area contributed by atoms with Crippen LogP contribution in [0.15, 0.2) is 27.9 Å². The van der Waals surface area contributed by atoms with Crippen LogP contribution in [0, 0.1) is 11.6 Å². The second-order valence-electron chi connectivity index (χ2n) is 6.30. The molecule has 1 amide bonds. The van der Waals surface area contributed by atoms with E-state index in [1.807, 2.05) is 0 Å². The van der Waals surface area contributed by atoms with Crippen LogP contribution in [0.2, 0.25) is 0 Å². The lowest BCUT2D eigenvalue weighted by Gasteiger charge is -2.25. The highest BCUT2D eigenvalue weighted by Gasteiger charge is 2.30. The van der Waals surface area contributed by atoms with Gasteiger partial charge in [0.15, 0.2) is 10.0 Å². The molecule has 0 saturated carbocycles. The van der Waals surface area contributed by atoms with Gasteiger partial charge in [-0.25, -0.2) is 18.6 Å². The molecule has 1 aliphatic heterocycles. The number of thioether (sulfide) groups is 1. The minimum Gasteiger partial charge on any atom is -0.476 e. The zero-order chi connectivity index (χ0) is 20.1. The fourth-order valence-electron chi connectivity index (χ4n) is 3.02. The van der Waals surface area contributed by atoms with Crippen LogP contribution < -0.4 is 5.32 Å². The molecule has 2 N–H and O–H groups in total. The van der Waals surface area contributed by atoms with E-state index in [0.717, 1.165) is 18.2 Å². The molecule has 3 rings (SSSR count). The van der Waals surface area contributed by atoms with Gasteiger partial charge in [-0.3, -0.25) is 4.79 Å². The summed E-state index contributed by atoms with van der Waals surface area (Å²) >= 11 is 2.68. The van der Waals surface area contributed by atoms with E-state index < -0.39 is 17.6 Å². The van der Waals surface area contributed by atoms with Gasteiger partial charge in [-0.1, -0.05) is 11.8 Å². The molecule has 1 aliphatic rings. The van der Waals surface area contributed by atoms with Crippen LogP contribution in [0.4, 0.5) is 8.78 Å². The standard InChI is InChI=1S/C18H19F2N3O3S2/c19-12-1-3-14(20)11(7-12)8-21-9-13-2-4-16(24)23(13)5-6-27-18-22-15(10-28-18)17(25)26/h1,3,7,10,13,21H,2,4-6,8-9H2,(H,25,26)/t13-/m1/s1. The summed E-state index contributed by atoms with van der Waals surface area (Å²) in [6, 6.07) is 3.34. The maximum absolute atomic E-state index is 13.7. The first-order valence-electron chi connectivity index (χ1n) is 8.70. The Kier molecular flexibility index (Phi) is 6.97. The summed E-state index contributed by atoms with van der Waals surface area (Å²) in [4.78, 5) is 28.8. The molecule has 28 heavy (non-hydrogen) atoms. The average molecular weight is 427 g/mol. The highest BCUT2D eigenvalue weighted by molar-refractivity contribution is 8.01. The van der Waals surface area contributed by atoms with Gasteiger partial charge in [-0.05, 0) is 24.6 Å². The van der Waals surface area contributed by atoms with Crippen LogP contribution in [0.5, 0.6) is 0 Å². The topological polar surface area (TPSA) is 82.5 Å². The van der Waals surface area contributed by atoms with E-state index >= 15 is 0 Å². The van der Waals surface area contributed by atoms with Crippen molar-refractivity contribution in [2.75, 3.05) is 18.8 Å². The lowest BCUT2D eigenvalue weighted by atomic mass is 10.2. The van der Waals surface area contributed by atoms with Gasteiger partial charge in [0, 0.05) is 48.8 Å². The molecule has 10 heteroatoms. The number of hydrogen-bond acceptors (Lipinski definition) is 6. The SMILES string of the molecule is O=C(O)c1csc(SCCN2C(=O)CC[C@@H]2CNCc2cc(F)ccc2F)n1. The molecule has 1 aromatic heterocycles. The van der Waals surface area contributed by atoms with Crippen LogP contribution in [0.25, 0.3) is 0 Å². The third-order valence-electron chi connectivity index (χ3n) is 4.42. The second-order valence-corrected chi connectivity index (χ2v) is 8.50. The molecule has 1 fully saturated rings. The van der Waals surface area contributed by atoms with Gasteiger partial charge in [0.2, 0.25) is 5.91 Å². The number of halogens is 2. The number of benzene rings is 1. The number of hydrogen-bond donors (Lipinski definition) is 2. The largest absolute Gasteiger partial charge is 0.476 e. The minimum absolute atomic E-state index is 0.00408. The van der Waals surface area contributed by atoms with Gasteiger partial charge in [0.1, 0.15) is 11.6 Å². The Morgan fingerprint density at radius 2 is 2.25 bits per heavy atom. The molecular formula is C18H19F2N3O3S2. The average Bonchev–Trinajstić information content (AvgIpc) is 3.26. The first kappa shape index (κ1) is 20.7. The monoisotopic (exact) mass is 427 g/mol. The fraction of sp³-hybridized carbons (Fsp3) is 0.389. The van der Waals surface area contributed by atoms with Crippen LogP contribution in [-0.2, 0) is 11.3 Å². The van der Waals surface area contributed by atoms with E-state index in [4.69, 9.17) is 5.11 Å². The van der Waals surface area contributed by atoms with E-state index in [1.165, 1.54) is 28.5 Å². The zero-order valence-electron chi connectivity index (χ0n) is 14.9. The Morgan fingerprint density at radius 1 is 1.43 bits per heavy atom. The molecular weight excluding hydrogens is 408 g/mol. The summed E-state index contributed by atoms with van der Waals surface area (Å²) in [7, 11) is 0. The number of nitrogens with zero attached hydrogens (tertiary/aromatic N) is 2. The number of aromatic carboxylic acids is 1. The summed E-state index contributed by atoms with van der Waals surface area (Å²) in [5.41, 5.74) is 0.279. The number of carboxylic acids is 1. The summed E-state index contributed by atoms with van der Waals surface area (Å²) in [5.74, 6) is -1.34. The Bertz CT molecular complexity index is 862. The molecule has 0 bridgehead atoms. The van der Waals surface area contributed by atoms with Crippen LogP contribution in [-0.4, -0.2) is 51.8 Å². The van der Waals surface area contributed by atoms with Gasteiger partial charge in [-0.15, -0.1) is 11.3 Å². The number of carbonyl (C=O) groups excluding carboxylic acids is 1. The lowest BCUT2D eigenvalue weighted by Crippen LogP contribution is -2.41. The van der Waals surface area contributed by atoms with E-state index in [2.05, 4.69) is 10.3 Å². The van der Waals surface area contributed by atoms with E-state index in [1.54, 1.807) is 4.90 Å². The Labute approximate surface area is 169 Å². The van der Waals surface area contributed by atoms with Gasteiger partial charge >= 0.3 is 5.97 Å². The summed E-state index contributed by atoms with van der Waals surface area (Å²) < 4.78 is 27.6. The predicted octanol–water partition coefficient (Wildman–Crippen LogP) is 2.99. The van der Waals surface area contributed by atoms with Crippen LogP contribution in [0.3, 0.4) is 0 Å². The molecule has 0 radical (unpaired) electrons. The smallest absolute Gasteiger partial charge is 0.355 e. The van der Waals surface area contributed by atoms with E-state index in [-0.39, 0.29) is 29.8 Å². The van der Waals surface area contributed by atoms with Crippen LogP contribution >= 0.6 is 23.1 Å². The normalized spacial score (nSPS) is 16.7. The molecule has 1 saturated heterocycles. The highest BCUT2D eigenvalue weighted by Crippen LogP contribution is 2.25. The molecule has 0 aliphatic carbocycles. The van der Waals surface area contributed by atoms with Gasteiger partial charge in [0.25, 0.3) is 0 Å². The number of rotatable bonds is 9. The first-order valence-corrected chi connectivity index (χ1v) is 10.6. The van der Waals surface area contributed by atoms with Crippen molar-refractivity contribution in [1.82, 2.24) is 15.2 Å².